The molecule has 22 heavy (non-hydrogen) atoms. The first-order chi connectivity index (χ1) is 10.5. The highest BCUT2D eigenvalue weighted by molar-refractivity contribution is 5.99. The van der Waals surface area contributed by atoms with Crippen LogP contribution in [0.15, 0.2) is 18.2 Å². The molecule has 2 unspecified atom stereocenters. The number of rotatable bonds is 2. The SMILES string of the molecule is CN1CCc2ccc(NC(=O)C3CCCC(N)C3)cc2C1=O. The molecular weight excluding hydrogens is 278 g/mol. The lowest BCUT2D eigenvalue weighted by Gasteiger charge is -2.27. The van der Waals surface area contributed by atoms with Crippen LogP contribution in [0.2, 0.25) is 0 Å². The predicted molar refractivity (Wildman–Crippen MR) is 85.7 cm³/mol. The second kappa shape index (κ2) is 6.08. The van der Waals surface area contributed by atoms with Crippen molar-refractivity contribution in [2.45, 2.75) is 38.1 Å². The minimum absolute atomic E-state index is 0.0156. The number of nitrogens with zero attached hydrogens (tertiary/aromatic N) is 1. The number of nitrogens with two attached hydrogens (primary N) is 1. The Balaban J connectivity index is 1.73. The second-order valence-electron chi connectivity index (χ2n) is 6.46. The van der Waals surface area contributed by atoms with Gasteiger partial charge in [-0.1, -0.05) is 12.5 Å². The number of nitrogens with one attached hydrogen (secondary N) is 1. The highest BCUT2D eigenvalue weighted by Crippen LogP contribution is 2.26. The molecule has 5 nitrogen and oxygen atoms in total. The maximum Gasteiger partial charge on any atom is 0.253 e. The topological polar surface area (TPSA) is 75.4 Å². The van der Waals surface area contributed by atoms with Gasteiger partial charge in [-0.05, 0) is 43.4 Å². The summed E-state index contributed by atoms with van der Waals surface area (Å²) in [4.78, 5) is 26.3. The summed E-state index contributed by atoms with van der Waals surface area (Å²) < 4.78 is 0. The minimum atomic E-state index is -0.0156. The lowest BCUT2D eigenvalue weighted by Crippen LogP contribution is -2.35. The average Bonchev–Trinajstić information content (AvgIpc) is 2.51. The van der Waals surface area contributed by atoms with Gasteiger partial charge in [0.1, 0.15) is 0 Å². The number of benzene rings is 1. The summed E-state index contributed by atoms with van der Waals surface area (Å²) in [6, 6.07) is 5.76. The van der Waals surface area contributed by atoms with Crippen molar-refractivity contribution in [1.82, 2.24) is 4.90 Å². The molecule has 0 radical (unpaired) electrons. The van der Waals surface area contributed by atoms with Crippen LogP contribution in [-0.4, -0.2) is 36.3 Å². The fraction of sp³-hybridized carbons (Fsp3) is 0.529. The lowest BCUT2D eigenvalue weighted by molar-refractivity contribution is -0.120. The number of hydrogen-bond acceptors (Lipinski definition) is 3. The van der Waals surface area contributed by atoms with Crippen LogP contribution in [0.5, 0.6) is 0 Å². The first-order valence-corrected chi connectivity index (χ1v) is 7.99. The van der Waals surface area contributed by atoms with E-state index in [-0.39, 0.29) is 23.8 Å². The van der Waals surface area contributed by atoms with Crippen molar-refractivity contribution in [3.05, 3.63) is 29.3 Å². The molecule has 2 amide bonds. The monoisotopic (exact) mass is 301 g/mol. The smallest absolute Gasteiger partial charge is 0.253 e. The first kappa shape index (κ1) is 15.0. The van der Waals surface area contributed by atoms with Gasteiger partial charge >= 0.3 is 0 Å². The fourth-order valence-corrected chi connectivity index (χ4v) is 3.38. The molecule has 1 aliphatic carbocycles. The van der Waals surface area contributed by atoms with Crippen molar-refractivity contribution in [3.63, 3.8) is 0 Å². The van der Waals surface area contributed by atoms with Gasteiger partial charge in [0.05, 0.1) is 0 Å². The van der Waals surface area contributed by atoms with Gasteiger partial charge in [-0.3, -0.25) is 9.59 Å². The largest absolute Gasteiger partial charge is 0.341 e. The summed E-state index contributed by atoms with van der Waals surface area (Å²) in [5.74, 6) is 0.0295. The van der Waals surface area contributed by atoms with Crippen molar-refractivity contribution in [3.8, 4) is 0 Å². The van der Waals surface area contributed by atoms with Crippen LogP contribution < -0.4 is 11.1 Å². The molecule has 1 saturated carbocycles. The maximum atomic E-state index is 12.4. The maximum absolute atomic E-state index is 12.4. The van der Waals surface area contributed by atoms with E-state index in [9.17, 15) is 9.59 Å². The summed E-state index contributed by atoms with van der Waals surface area (Å²) in [6.07, 6.45) is 4.52. The van der Waals surface area contributed by atoms with Gasteiger partial charge < -0.3 is 16.0 Å². The van der Waals surface area contributed by atoms with Crippen LogP contribution in [0.25, 0.3) is 0 Å². The van der Waals surface area contributed by atoms with E-state index in [0.717, 1.165) is 44.2 Å². The van der Waals surface area contributed by atoms with E-state index in [1.165, 1.54) is 0 Å². The standard InChI is InChI=1S/C17H23N3O2/c1-20-8-7-11-5-6-14(10-15(11)17(20)22)19-16(21)12-3-2-4-13(18)9-12/h5-6,10,12-13H,2-4,7-9,18H2,1H3,(H,19,21). The molecule has 0 spiro atoms. The van der Waals surface area contributed by atoms with Crippen LogP contribution in [0, 0.1) is 5.92 Å². The van der Waals surface area contributed by atoms with Crippen LogP contribution in [0.4, 0.5) is 5.69 Å². The second-order valence-corrected chi connectivity index (χ2v) is 6.46. The molecule has 2 atom stereocenters. The van der Waals surface area contributed by atoms with Gasteiger partial charge in [-0.15, -0.1) is 0 Å². The Labute approximate surface area is 130 Å². The minimum Gasteiger partial charge on any atom is -0.341 e. The van der Waals surface area contributed by atoms with Crippen LogP contribution in [0.1, 0.15) is 41.6 Å². The van der Waals surface area contributed by atoms with Crippen molar-refractivity contribution in [1.29, 1.82) is 0 Å². The molecule has 0 aromatic heterocycles. The number of carbonyl (C=O) groups excluding carboxylic acids is 2. The molecule has 3 rings (SSSR count). The van der Waals surface area contributed by atoms with Crippen molar-refractivity contribution in [2.24, 2.45) is 11.7 Å². The number of amides is 2. The number of fused-ring (bicyclic) bond motifs is 1. The zero-order valence-electron chi connectivity index (χ0n) is 13.0. The molecule has 1 heterocycles. The molecule has 5 heteroatoms. The molecule has 0 saturated heterocycles. The first-order valence-electron chi connectivity index (χ1n) is 7.99. The Morgan fingerprint density at radius 2 is 2.18 bits per heavy atom. The van der Waals surface area contributed by atoms with E-state index >= 15 is 0 Å². The average molecular weight is 301 g/mol. The fourth-order valence-electron chi connectivity index (χ4n) is 3.38. The summed E-state index contributed by atoms with van der Waals surface area (Å²) in [5, 5.41) is 2.95. The van der Waals surface area contributed by atoms with E-state index in [1.807, 2.05) is 12.1 Å². The van der Waals surface area contributed by atoms with Crippen LogP contribution in [0.3, 0.4) is 0 Å². The number of anilines is 1. The van der Waals surface area contributed by atoms with Crippen LogP contribution >= 0.6 is 0 Å². The van der Waals surface area contributed by atoms with E-state index in [1.54, 1.807) is 18.0 Å². The Hall–Kier alpha value is -1.88. The van der Waals surface area contributed by atoms with Crippen molar-refractivity contribution in [2.75, 3.05) is 18.9 Å². The van der Waals surface area contributed by atoms with Crippen LogP contribution in [-0.2, 0) is 11.2 Å². The third-order valence-electron chi connectivity index (χ3n) is 4.76. The summed E-state index contributed by atoms with van der Waals surface area (Å²) >= 11 is 0. The number of carbonyl (C=O) groups is 2. The summed E-state index contributed by atoms with van der Waals surface area (Å²) in [6.45, 7) is 0.748. The molecular formula is C17H23N3O2. The van der Waals surface area contributed by atoms with E-state index < -0.39 is 0 Å². The Morgan fingerprint density at radius 3 is 2.95 bits per heavy atom. The van der Waals surface area contributed by atoms with Gasteiger partial charge in [-0.25, -0.2) is 0 Å². The zero-order chi connectivity index (χ0) is 15.7. The molecule has 1 aliphatic heterocycles. The Morgan fingerprint density at radius 1 is 1.36 bits per heavy atom. The highest BCUT2D eigenvalue weighted by atomic mass is 16.2. The number of hydrogen-bond donors (Lipinski definition) is 2. The van der Waals surface area contributed by atoms with Gasteiger partial charge in [0, 0.05) is 36.8 Å². The summed E-state index contributed by atoms with van der Waals surface area (Å²) in [5.41, 5.74) is 8.41. The van der Waals surface area contributed by atoms with Crippen molar-refractivity contribution < 1.29 is 9.59 Å². The van der Waals surface area contributed by atoms with Gasteiger partial charge in [-0.2, -0.15) is 0 Å². The molecule has 1 aromatic rings. The van der Waals surface area contributed by atoms with E-state index in [2.05, 4.69) is 5.32 Å². The Kier molecular flexibility index (Phi) is 4.16. The predicted octanol–water partition coefficient (Wildman–Crippen LogP) is 1.77. The molecule has 0 bridgehead atoms. The lowest BCUT2D eigenvalue weighted by atomic mass is 9.85. The third kappa shape index (κ3) is 2.99. The van der Waals surface area contributed by atoms with Gasteiger partial charge in [0.25, 0.3) is 5.91 Å². The quantitative estimate of drug-likeness (QED) is 0.874. The molecule has 2 aliphatic rings. The summed E-state index contributed by atoms with van der Waals surface area (Å²) in [7, 11) is 1.81. The van der Waals surface area contributed by atoms with Gasteiger partial charge in [0.15, 0.2) is 0 Å². The zero-order valence-corrected chi connectivity index (χ0v) is 13.0. The normalized spacial score (nSPS) is 24.8. The Bertz CT molecular complexity index is 600. The number of likely N-dealkylation sites (N-methyl/N-ethyl adjacent to an activating group) is 1. The van der Waals surface area contributed by atoms with Gasteiger partial charge in [0.2, 0.25) is 5.91 Å². The molecule has 1 fully saturated rings. The molecule has 3 N–H and O–H groups in total. The third-order valence-corrected chi connectivity index (χ3v) is 4.76. The highest BCUT2D eigenvalue weighted by Gasteiger charge is 2.26. The van der Waals surface area contributed by atoms with E-state index in [0.29, 0.717) is 11.3 Å². The van der Waals surface area contributed by atoms with E-state index in [4.69, 9.17) is 5.73 Å². The molecule has 118 valence electrons. The molecule has 1 aromatic carbocycles. The van der Waals surface area contributed by atoms with Crippen molar-refractivity contribution >= 4 is 17.5 Å².